The summed E-state index contributed by atoms with van der Waals surface area (Å²) >= 11 is 0. The van der Waals surface area contributed by atoms with Crippen molar-refractivity contribution in [2.24, 2.45) is 0 Å². The van der Waals surface area contributed by atoms with Crippen molar-refractivity contribution in [2.75, 3.05) is 19.7 Å². The number of unbranched alkanes of at least 4 members (excludes halogenated alkanes) is 2. The molecular weight excluding hydrogens is 238 g/mol. The maximum absolute atomic E-state index is 11.3. The Morgan fingerprint density at radius 1 is 1.05 bits per heavy atom. The number of esters is 1. The predicted octanol–water partition coefficient (Wildman–Crippen LogP) is 4.01. The van der Waals surface area contributed by atoms with Crippen LogP contribution >= 0.6 is 0 Å². The summed E-state index contributed by atoms with van der Waals surface area (Å²) < 4.78 is 4.96. The molecule has 0 aromatic heterocycles. The van der Waals surface area contributed by atoms with Crippen molar-refractivity contribution < 1.29 is 9.53 Å². The first kappa shape index (κ1) is 18.4. The van der Waals surface area contributed by atoms with Gasteiger partial charge in [0.1, 0.15) is 0 Å². The fourth-order valence-electron chi connectivity index (χ4n) is 2.23. The molecular formula is C16H33NO2. The lowest BCUT2D eigenvalue weighted by Gasteiger charge is -2.29. The van der Waals surface area contributed by atoms with Gasteiger partial charge >= 0.3 is 5.97 Å². The van der Waals surface area contributed by atoms with Crippen LogP contribution in [0.15, 0.2) is 0 Å². The van der Waals surface area contributed by atoms with Crippen molar-refractivity contribution in [2.45, 2.75) is 78.7 Å². The SMILES string of the molecule is CCCCN(CCCC)C(C)CCCC(=O)OCC. The molecule has 0 bridgehead atoms. The van der Waals surface area contributed by atoms with Crippen molar-refractivity contribution in [3.05, 3.63) is 0 Å². The zero-order valence-electron chi connectivity index (χ0n) is 13.4. The molecule has 0 rings (SSSR count). The van der Waals surface area contributed by atoms with E-state index in [9.17, 15) is 4.79 Å². The maximum Gasteiger partial charge on any atom is 0.305 e. The van der Waals surface area contributed by atoms with E-state index in [1.807, 2.05) is 6.92 Å². The molecule has 0 aliphatic rings. The summed E-state index contributed by atoms with van der Waals surface area (Å²) in [5.74, 6) is -0.0524. The van der Waals surface area contributed by atoms with Crippen molar-refractivity contribution in [1.82, 2.24) is 4.90 Å². The molecule has 0 aliphatic heterocycles. The van der Waals surface area contributed by atoms with Gasteiger partial charge < -0.3 is 9.64 Å². The molecule has 0 aliphatic carbocycles. The van der Waals surface area contributed by atoms with Crippen LogP contribution in [0, 0.1) is 0 Å². The molecule has 19 heavy (non-hydrogen) atoms. The van der Waals surface area contributed by atoms with E-state index < -0.39 is 0 Å². The first-order valence-electron chi connectivity index (χ1n) is 8.05. The third-order valence-corrected chi connectivity index (χ3v) is 3.53. The number of rotatable bonds is 12. The van der Waals surface area contributed by atoms with Gasteiger partial charge in [-0.05, 0) is 52.6 Å². The molecule has 3 heteroatoms. The molecule has 0 aromatic carbocycles. The molecule has 0 fully saturated rings. The van der Waals surface area contributed by atoms with Crippen molar-refractivity contribution >= 4 is 5.97 Å². The molecule has 0 aromatic rings. The highest BCUT2D eigenvalue weighted by Crippen LogP contribution is 2.11. The lowest BCUT2D eigenvalue weighted by molar-refractivity contribution is -0.143. The highest BCUT2D eigenvalue weighted by molar-refractivity contribution is 5.69. The summed E-state index contributed by atoms with van der Waals surface area (Å²) in [4.78, 5) is 13.9. The van der Waals surface area contributed by atoms with E-state index in [2.05, 4.69) is 25.7 Å². The molecule has 0 spiro atoms. The van der Waals surface area contributed by atoms with Crippen LogP contribution < -0.4 is 0 Å². The predicted molar refractivity (Wildman–Crippen MR) is 81.3 cm³/mol. The van der Waals surface area contributed by atoms with Crippen LogP contribution in [0.4, 0.5) is 0 Å². The zero-order valence-corrected chi connectivity index (χ0v) is 13.4. The zero-order chi connectivity index (χ0) is 14.5. The van der Waals surface area contributed by atoms with Crippen molar-refractivity contribution in [1.29, 1.82) is 0 Å². The fraction of sp³-hybridized carbons (Fsp3) is 0.938. The van der Waals surface area contributed by atoms with Gasteiger partial charge in [0.15, 0.2) is 0 Å². The molecule has 114 valence electrons. The van der Waals surface area contributed by atoms with E-state index in [4.69, 9.17) is 4.74 Å². The number of carbonyl (C=O) groups excluding carboxylic acids is 1. The summed E-state index contributed by atoms with van der Waals surface area (Å²) in [5, 5.41) is 0. The number of carbonyl (C=O) groups is 1. The Balaban J connectivity index is 3.93. The summed E-state index contributed by atoms with van der Waals surface area (Å²) in [6, 6.07) is 0.576. The summed E-state index contributed by atoms with van der Waals surface area (Å²) in [5.41, 5.74) is 0. The Morgan fingerprint density at radius 3 is 2.11 bits per heavy atom. The highest BCUT2D eigenvalue weighted by atomic mass is 16.5. The molecule has 3 nitrogen and oxygen atoms in total. The minimum atomic E-state index is -0.0524. The molecule has 0 heterocycles. The quantitative estimate of drug-likeness (QED) is 0.502. The Bertz CT molecular complexity index is 211. The van der Waals surface area contributed by atoms with Gasteiger partial charge in [-0.25, -0.2) is 0 Å². The van der Waals surface area contributed by atoms with E-state index in [1.54, 1.807) is 0 Å². The number of nitrogens with zero attached hydrogens (tertiary/aromatic N) is 1. The monoisotopic (exact) mass is 271 g/mol. The topological polar surface area (TPSA) is 29.5 Å². The summed E-state index contributed by atoms with van der Waals surface area (Å²) in [7, 11) is 0. The van der Waals surface area contributed by atoms with Gasteiger partial charge in [-0.2, -0.15) is 0 Å². The Hall–Kier alpha value is -0.570. The number of hydrogen-bond acceptors (Lipinski definition) is 3. The average Bonchev–Trinajstić information content (AvgIpc) is 2.39. The second kappa shape index (κ2) is 12.5. The first-order chi connectivity index (χ1) is 9.15. The fourth-order valence-corrected chi connectivity index (χ4v) is 2.23. The maximum atomic E-state index is 11.3. The first-order valence-corrected chi connectivity index (χ1v) is 8.05. The largest absolute Gasteiger partial charge is 0.466 e. The van der Waals surface area contributed by atoms with E-state index in [0.717, 1.165) is 12.8 Å². The average molecular weight is 271 g/mol. The minimum absolute atomic E-state index is 0.0524. The van der Waals surface area contributed by atoms with Gasteiger partial charge in [0.05, 0.1) is 6.61 Å². The smallest absolute Gasteiger partial charge is 0.305 e. The van der Waals surface area contributed by atoms with Gasteiger partial charge in [-0.3, -0.25) is 4.79 Å². The van der Waals surface area contributed by atoms with Crippen LogP contribution in [0.3, 0.4) is 0 Å². The van der Waals surface area contributed by atoms with Crippen LogP contribution in [0.25, 0.3) is 0 Å². The van der Waals surface area contributed by atoms with Gasteiger partial charge in [-0.1, -0.05) is 26.7 Å². The summed E-state index contributed by atoms with van der Waals surface area (Å²) in [6.07, 6.45) is 7.63. The van der Waals surface area contributed by atoms with Crippen LogP contribution in [0.1, 0.15) is 72.6 Å². The van der Waals surface area contributed by atoms with Crippen molar-refractivity contribution in [3.8, 4) is 0 Å². The second-order valence-electron chi connectivity index (χ2n) is 5.29. The second-order valence-corrected chi connectivity index (χ2v) is 5.29. The molecule has 1 unspecified atom stereocenters. The molecule has 0 saturated heterocycles. The van der Waals surface area contributed by atoms with E-state index in [1.165, 1.54) is 38.8 Å². The van der Waals surface area contributed by atoms with Crippen LogP contribution in [-0.4, -0.2) is 36.6 Å². The standard InChI is InChI=1S/C16H33NO2/c1-5-8-13-17(14-9-6-2)15(4)11-10-12-16(18)19-7-3/h15H,5-14H2,1-4H3. The van der Waals surface area contributed by atoms with E-state index in [0.29, 0.717) is 19.1 Å². The number of ether oxygens (including phenoxy) is 1. The Morgan fingerprint density at radius 2 is 1.63 bits per heavy atom. The highest BCUT2D eigenvalue weighted by Gasteiger charge is 2.13. The van der Waals surface area contributed by atoms with Crippen LogP contribution in [0.5, 0.6) is 0 Å². The van der Waals surface area contributed by atoms with Gasteiger partial charge in [0.2, 0.25) is 0 Å². The third-order valence-electron chi connectivity index (χ3n) is 3.53. The van der Waals surface area contributed by atoms with Crippen molar-refractivity contribution in [3.63, 3.8) is 0 Å². The van der Waals surface area contributed by atoms with Crippen LogP contribution in [-0.2, 0) is 9.53 Å². The van der Waals surface area contributed by atoms with E-state index >= 15 is 0 Å². The Labute approximate surface area is 119 Å². The lowest BCUT2D eigenvalue weighted by atomic mass is 10.1. The molecule has 1 atom stereocenters. The lowest BCUT2D eigenvalue weighted by Crippen LogP contribution is -2.35. The molecule has 0 N–H and O–H groups in total. The van der Waals surface area contributed by atoms with E-state index in [-0.39, 0.29) is 5.97 Å². The third kappa shape index (κ3) is 9.94. The normalized spacial score (nSPS) is 12.7. The Kier molecular flexibility index (Phi) is 12.1. The molecule has 0 radical (unpaired) electrons. The number of hydrogen-bond donors (Lipinski definition) is 0. The van der Waals surface area contributed by atoms with Crippen LogP contribution in [0.2, 0.25) is 0 Å². The van der Waals surface area contributed by atoms with Gasteiger partial charge in [-0.15, -0.1) is 0 Å². The molecule has 0 amide bonds. The van der Waals surface area contributed by atoms with Gasteiger partial charge in [0, 0.05) is 12.5 Å². The molecule has 0 saturated carbocycles. The minimum Gasteiger partial charge on any atom is -0.466 e. The summed E-state index contributed by atoms with van der Waals surface area (Å²) in [6.45, 7) is 11.5. The van der Waals surface area contributed by atoms with Gasteiger partial charge in [0.25, 0.3) is 0 Å².